The van der Waals surface area contributed by atoms with Crippen LogP contribution in [0, 0.1) is 0 Å². The van der Waals surface area contributed by atoms with Gasteiger partial charge in [0.2, 0.25) is 0 Å². The third kappa shape index (κ3) is 5.02. The molecule has 0 fully saturated rings. The Morgan fingerprint density at radius 1 is 1.06 bits per heavy atom. The van der Waals surface area contributed by atoms with Crippen LogP contribution in [0.15, 0.2) is 72.0 Å². The molecule has 2 heterocycles. The van der Waals surface area contributed by atoms with Crippen LogP contribution in [-0.2, 0) is 17.9 Å². The quantitative estimate of drug-likeness (QED) is 0.463. The van der Waals surface area contributed by atoms with Crippen LogP contribution in [0.5, 0.6) is 0 Å². The smallest absolute Gasteiger partial charge is 0.411 e. The highest BCUT2D eigenvalue weighted by atomic mass is 35.5. The fourth-order valence-electron chi connectivity index (χ4n) is 2.97. The lowest BCUT2D eigenvalue weighted by Gasteiger charge is -2.10. The zero-order valence-corrected chi connectivity index (χ0v) is 17.6. The predicted molar refractivity (Wildman–Crippen MR) is 120 cm³/mol. The zero-order chi connectivity index (χ0) is 21.8. The zero-order valence-electron chi connectivity index (χ0n) is 16.1. The van der Waals surface area contributed by atoms with E-state index in [0.29, 0.717) is 26.6 Å². The second-order valence-electron chi connectivity index (χ2n) is 6.72. The number of carbonyl (C=O) groups excluding carboxylic acids is 1. The molecule has 2 aromatic carbocycles. The van der Waals surface area contributed by atoms with Gasteiger partial charge in [-0.1, -0.05) is 35.3 Å². The van der Waals surface area contributed by atoms with Gasteiger partial charge >= 0.3 is 6.09 Å². The second kappa shape index (κ2) is 9.16. The number of ether oxygens (including phenoxy) is 1. The number of amides is 1. The van der Waals surface area contributed by atoms with Crippen LogP contribution in [0.1, 0.15) is 11.1 Å². The van der Waals surface area contributed by atoms with Crippen molar-refractivity contribution in [3.8, 4) is 0 Å². The van der Waals surface area contributed by atoms with Gasteiger partial charge in [0.25, 0.3) is 5.56 Å². The van der Waals surface area contributed by atoms with E-state index in [9.17, 15) is 9.59 Å². The standard InChI is InChI=1S/C22H16Cl2N4O3/c23-18-5-3-14(8-19(18)24)11-28-13-26-20-6-4-16(9-17(20)21(28)29)27-22(30)31-12-15-2-1-7-25-10-15/h1-10,13H,11-12H2,(H,27,30). The fraction of sp³-hybridized carbons (Fsp3) is 0.0909. The van der Waals surface area contributed by atoms with E-state index in [2.05, 4.69) is 15.3 Å². The van der Waals surface area contributed by atoms with Crippen molar-refractivity contribution in [3.05, 3.63) is 98.8 Å². The van der Waals surface area contributed by atoms with Crippen molar-refractivity contribution in [1.82, 2.24) is 14.5 Å². The Morgan fingerprint density at radius 2 is 1.94 bits per heavy atom. The van der Waals surface area contributed by atoms with Gasteiger partial charge in [0, 0.05) is 23.6 Å². The van der Waals surface area contributed by atoms with Gasteiger partial charge in [-0.25, -0.2) is 9.78 Å². The van der Waals surface area contributed by atoms with Gasteiger partial charge < -0.3 is 4.74 Å². The minimum atomic E-state index is -0.636. The maximum absolute atomic E-state index is 12.9. The molecule has 4 rings (SSSR count). The Labute approximate surface area is 187 Å². The molecule has 156 valence electrons. The van der Waals surface area contributed by atoms with Crippen molar-refractivity contribution in [1.29, 1.82) is 0 Å². The van der Waals surface area contributed by atoms with E-state index in [1.165, 1.54) is 10.9 Å². The average molecular weight is 455 g/mol. The highest BCUT2D eigenvalue weighted by molar-refractivity contribution is 6.42. The molecule has 4 aromatic rings. The number of benzene rings is 2. The summed E-state index contributed by atoms with van der Waals surface area (Å²) in [5, 5.41) is 3.85. The third-order valence-electron chi connectivity index (χ3n) is 4.50. The molecular weight excluding hydrogens is 439 g/mol. The van der Waals surface area contributed by atoms with E-state index < -0.39 is 6.09 Å². The molecule has 0 aliphatic rings. The minimum Gasteiger partial charge on any atom is -0.444 e. The average Bonchev–Trinajstić information content (AvgIpc) is 2.78. The van der Waals surface area contributed by atoms with Crippen molar-refractivity contribution in [2.24, 2.45) is 0 Å². The molecule has 0 spiro atoms. The molecule has 1 amide bonds. The monoisotopic (exact) mass is 454 g/mol. The lowest BCUT2D eigenvalue weighted by molar-refractivity contribution is 0.155. The van der Waals surface area contributed by atoms with Crippen molar-refractivity contribution in [3.63, 3.8) is 0 Å². The highest BCUT2D eigenvalue weighted by Crippen LogP contribution is 2.23. The summed E-state index contributed by atoms with van der Waals surface area (Å²) in [4.78, 5) is 33.3. The summed E-state index contributed by atoms with van der Waals surface area (Å²) in [6.07, 6.45) is 4.09. The summed E-state index contributed by atoms with van der Waals surface area (Å²) in [5.74, 6) is 0. The van der Waals surface area contributed by atoms with Gasteiger partial charge in [0.1, 0.15) is 6.61 Å². The number of fused-ring (bicyclic) bond motifs is 1. The molecule has 0 saturated heterocycles. The minimum absolute atomic E-state index is 0.0886. The summed E-state index contributed by atoms with van der Waals surface area (Å²) in [6.45, 7) is 0.370. The summed E-state index contributed by atoms with van der Waals surface area (Å²) in [7, 11) is 0. The summed E-state index contributed by atoms with van der Waals surface area (Å²) < 4.78 is 6.65. The first-order valence-corrected chi connectivity index (χ1v) is 10.0. The van der Waals surface area contributed by atoms with Crippen LogP contribution in [0.3, 0.4) is 0 Å². The molecule has 0 bridgehead atoms. The Bertz CT molecular complexity index is 1310. The van der Waals surface area contributed by atoms with Crippen LogP contribution in [0.4, 0.5) is 10.5 Å². The van der Waals surface area contributed by atoms with Crippen LogP contribution < -0.4 is 10.9 Å². The number of hydrogen-bond donors (Lipinski definition) is 1. The first-order valence-electron chi connectivity index (χ1n) is 9.25. The van der Waals surface area contributed by atoms with Crippen molar-refractivity contribution >= 4 is 45.9 Å². The first kappa shape index (κ1) is 20.8. The number of carbonyl (C=O) groups is 1. The SMILES string of the molecule is O=C(Nc1ccc2ncn(Cc3ccc(Cl)c(Cl)c3)c(=O)c2c1)OCc1cccnc1. The summed E-state index contributed by atoms with van der Waals surface area (Å²) in [6, 6.07) is 13.6. The van der Waals surface area contributed by atoms with E-state index in [4.69, 9.17) is 27.9 Å². The van der Waals surface area contributed by atoms with Crippen molar-refractivity contribution in [2.45, 2.75) is 13.2 Å². The lowest BCUT2D eigenvalue weighted by Crippen LogP contribution is -2.21. The van der Waals surface area contributed by atoms with Gasteiger partial charge in [0.15, 0.2) is 0 Å². The summed E-state index contributed by atoms with van der Waals surface area (Å²) >= 11 is 12.0. The van der Waals surface area contributed by atoms with Gasteiger partial charge in [-0.2, -0.15) is 0 Å². The number of hydrogen-bond acceptors (Lipinski definition) is 5. The third-order valence-corrected chi connectivity index (χ3v) is 5.24. The van der Waals surface area contributed by atoms with Crippen LogP contribution in [-0.4, -0.2) is 20.6 Å². The number of halogens is 2. The number of pyridine rings is 1. The molecule has 0 unspecified atom stereocenters. The van der Waals surface area contributed by atoms with Gasteiger partial charge in [0.05, 0.1) is 33.8 Å². The Balaban J connectivity index is 1.52. The Kier molecular flexibility index (Phi) is 6.16. The van der Waals surface area contributed by atoms with Gasteiger partial charge in [-0.15, -0.1) is 0 Å². The predicted octanol–water partition coefficient (Wildman–Crippen LogP) is 4.90. The number of aromatic nitrogens is 3. The first-order chi connectivity index (χ1) is 15.0. The number of anilines is 1. The molecule has 9 heteroatoms. The molecular formula is C22H16Cl2N4O3. The Morgan fingerprint density at radius 3 is 2.71 bits per heavy atom. The molecule has 31 heavy (non-hydrogen) atoms. The lowest BCUT2D eigenvalue weighted by atomic mass is 10.2. The number of nitrogens with zero attached hydrogens (tertiary/aromatic N) is 3. The van der Waals surface area contributed by atoms with Gasteiger partial charge in [-0.05, 0) is 42.0 Å². The molecule has 2 aromatic heterocycles. The van der Waals surface area contributed by atoms with Crippen molar-refractivity contribution in [2.75, 3.05) is 5.32 Å². The molecule has 0 radical (unpaired) electrons. The topological polar surface area (TPSA) is 86.1 Å². The fourth-order valence-corrected chi connectivity index (χ4v) is 3.29. The van der Waals surface area contributed by atoms with E-state index in [0.717, 1.165) is 11.1 Å². The number of nitrogens with one attached hydrogen (secondary N) is 1. The molecule has 0 aliphatic carbocycles. The van der Waals surface area contributed by atoms with E-state index in [1.54, 1.807) is 60.9 Å². The molecule has 0 atom stereocenters. The summed E-state index contributed by atoms with van der Waals surface area (Å²) in [5.41, 5.74) is 2.28. The van der Waals surface area contributed by atoms with E-state index in [-0.39, 0.29) is 18.7 Å². The van der Waals surface area contributed by atoms with E-state index in [1.807, 2.05) is 0 Å². The molecule has 1 N–H and O–H groups in total. The maximum atomic E-state index is 12.9. The van der Waals surface area contributed by atoms with Crippen LogP contribution in [0.2, 0.25) is 10.0 Å². The normalized spacial score (nSPS) is 10.8. The van der Waals surface area contributed by atoms with E-state index >= 15 is 0 Å². The maximum Gasteiger partial charge on any atom is 0.411 e. The second-order valence-corrected chi connectivity index (χ2v) is 7.53. The molecule has 0 saturated carbocycles. The van der Waals surface area contributed by atoms with Gasteiger partial charge in [-0.3, -0.25) is 19.7 Å². The molecule has 0 aliphatic heterocycles. The number of rotatable bonds is 5. The largest absolute Gasteiger partial charge is 0.444 e. The van der Waals surface area contributed by atoms with Crippen LogP contribution in [0.25, 0.3) is 10.9 Å². The highest BCUT2D eigenvalue weighted by Gasteiger charge is 2.09. The Hall–Kier alpha value is -3.42. The van der Waals surface area contributed by atoms with Crippen molar-refractivity contribution < 1.29 is 9.53 Å². The van der Waals surface area contributed by atoms with Crippen LogP contribution >= 0.6 is 23.2 Å². The molecule has 7 nitrogen and oxygen atoms in total.